The van der Waals surface area contributed by atoms with E-state index in [2.05, 4.69) is 71.6 Å². The van der Waals surface area contributed by atoms with Crippen molar-refractivity contribution < 1.29 is 4.74 Å². The summed E-state index contributed by atoms with van der Waals surface area (Å²) in [4.78, 5) is 9.57. The van der Waals surface area contributed by atoms with Crippen LogP contribution in [0, 0.1) is 0 Å². The highest BCUT2D eigenvalue weighted by Crippen LogP contribution is 2.21. The molecule has 8 heteroatoms. The summed E-state index contributed by atoms with van der Waals surface area (Å²) < 4.78 is 7.81. The van der Waals surface area contributed by atoms with Crippen LogP contribution in [0.5, 0.6) is 0 Å². The second-order valence-electron chi connectivity index (χ2n) is 7.75. The Morgan fingerprint density at radius 1 is 1.33 bits per heavy atom. The Morgan fingerprint density at radius 3 is 2.73 bits per heavy atom. The molecule has 0 radical (unpaired) electrons. The molecule has 1 N–H and O–H groups in total. The Labute approximate surface area is 197 Å². The molecule has 2 heterocycles. The number of guanidine groups is 1. The van der Waals surface area contributed by atoms with E-state index in [9.17, 15) is 0 Å². The lowest BCUT2D eigenvalue weighted by Crippen LogP contribution is -2.48. The van der Waals surface area contributed by atoms with Crippen LogP contribution in [0.15, 0.2) is 47.7 Å². The normalized spacial score (nSPS) is 18.2. The fourth-order valence-electron chi connectivity index (χ4n) is 3.56. The van der Waals surface area contributed by atoms with E-state index in [1.807, 2.05) is 24.1 Å². The fourth-order valence-corrected chi connectivity index (χ4v) is 3.56. The van der Waals surface area contributed by atoms with Crippen LogP contribution < -0.4 is 5.32 Å². The molecule has 0 bridgehead atoms. The van der Waals surface area contributed by atoms with E-state index in [0.29, 0.717) is 12.6 Å². The van der Waals surface area contributed by atoms with Gasteiger partial charge in [0.25, 0.3) is 0 Å². The van der Waals surface area contributed by atoms with E-state index in [0.717, 1.165) is 44.1 Å². The van der Waals surface area contributed by atoms with E-state index in [1.165, 1.54) is 5.56 Å². The lowest BCUT2D eigenvalue weighted by molar-refractivity contribution is -0.00807. The topological polar surface area (TPSA) is 57.9 Å². The van der Waals surface area contributed by atoms with Crippen LogP contribution in [0.3, 0.4) is 0 Å². The maximum absolute atomic E-state index is 5.99. The number of aromatic nitrogens is 2. The molecule has 2 aromatic rings. The molecule has 3 rings (SSSR count). The molecule has 0 aliphatic carbocycles. The van der Waals surface area contributed by atoms with Gasteiger partial charge in [0.15, 0.2) is 5.96 Å². The SMILES string of the molecule is CCNC(=NCC(Cc1ccccc1)N(C)C)N1CCOC(c2cnn(C)c2)C1.I. The number of nitrogens with one attached hydrogen (secondary N) is 1. The minimum absolute atomic E-state index is 0. The number of hydrogen-bond acceptors (Lipinski definition) is 4. The Balaban J connectivity index is 0.00000320. The van der Waals surface area contributed by atoms with E-state index in [4.69, 9.17) is 9.73 Å². The summed E-state index contributed by atoms with van der Waals surface area (Å²) in [6.45, 7) is 6.02. The lowest BCUT2D eigenvalue weighted by Gasteiger charge is -2.35. The Hall–Kier alpha value is -1.65. The molecule has 0 spiro atoms. The first-order valence-corrected chi connectivity index (χ1v) is 10.4. The summed E-state index contributed by atoms with van der Waals surface area (Å²) in [6, 6.07) is 11.0. The van der Waals surface area contributed by atoms with Gasteiger partial charge in [-0.2, -0.15) is 5.10 Å². The molecular formula is C22H35IN6O. The number of aliphatic imine (C=N–C) groups is 1. The van der Waals surface area contributed by atoms with Gasteiger partial charge >= 0.3 is 0 Å². The van der Waals surface area contributed by atoms with Gasteiger partial charge < -0.3 is 19.9 Å². The summed E-state index contributed by atoms with van der Waals surface area (Å²) in [5, 5.41) is 7.75. The van der Waals surface area contributed by atoms with Crippen LogP contribution in [0.1, 0.15) is 24.2 Å². The molecule has 2 atom stereocenters. The number of halogens is 1. The van der Waals surface area contributed by atoms with Gasteiger partial charge in [0.2, 0.25) is 0 Å². The molecule has 30 heavy (non-hydrogen) atoms. The van der Waals surface area contributed by atoms with Crippen LogP contribution >= 0.6 is 24.0 Å². The number of ether oxygens (including phenoxy) is 1. The van der Waals surface area contributed by atoms with Gasteiger partial charge in [0.1, 0.15) is 6.10 Å². The largest absolute Gasteiger partial charge is 0.370 e. The standard InChI is InChI=1S/C22H34N6O.HI/c1-5-23-22(24-15-20(26(2)3)13-18-9-7-6-8-10-18)28-11-12-29-21(17-28)19-14-25-27(4)16-19;/h6-10,14,16,20-21H,5,11-13,15,17H2,1-4H3,(H,23,24);1H. The fraction of sp³-hybridized carbons (Fsp3) is 0.545. The number of hydrogen-bond donors (Lipinski definition) is 1. The van der Waals surface area contributed by atoms with Crippen LogP contribution in [0.25, 0.3) is 0 Å². The lowest BCUT2D eigenvalue weighted by atomic mass is 10.1. The molecule has 2 unspecified atom stereocenters. The van der Waals surface area contributed by atoms with Crippen molar-refractivity contribution in [3.8, 4) is 0 Å². The van der Waals surface area contributed by atoms with Crippen molar-refractivity contribution in [1.29, 1.82) is 0 Å². The van der Waals surface area contributed by atoms with Crippen molar-refractivity contribution in [2.24, 2.45) is 12.0 Å². The predicted molar refractivity (Wildman–Crippen MR) is 132 cm³/mol. The van der Waals surface area contributed by atoms with Crippen molar-refractivity contribution in [3.63, 3.8) is 0 Å². The quantitative estimate of drug-likeness (QED) is 0.342. The van der Waals surface area contributed by atoms with Crippen LogP contribution in [0.2, 0.25) is 0 Å². The van der Waals surface area contributed by atoms with Crippen LogP contribution in [-0.4, -0.2) is 78.5 Å². The van der Waals surface area contributed by atoms with Gasteiger partial charge in [-0.25, -0.2) is 0 Å². The van der Waals surface area contributed by atoms with Gasteiger partial charge in [0, 0.05) is 37.9 Å². The van der Waals surface area contributed by atoms with Crippen molar-refractivity contribution in [2.45, 2.75) is 25.5 Å². The highest BCUT2D eigenvalue weighted by Gasteiger charge is 2.25. The summed E-state index contributed by atoms with van der Waals surface area (Å²) >= 11 is 0. The highest BCUT2D eigenvalue weighted by atomic mass is 127. The Bertz CT molecular complexity index is 779. The molecule has 1 saturated heterocycles. The van der Waals surface area contributed by atoms with Gasteiger partial charge in [-0.15, -0.1) is 24.0 Å². The number of morpholine rings is 1. The molecule has 7 nitrogen and oxygen atoms in total. The van der Waals surface area contributed by atoms with E-state index in [1.54, 1.807) is 0 Å². The third-order valence-corrected chi connectivity index (χ3v) is 5.29. The highest BCUT2D eigenvalue weighted by molar-refractivity contribution is 14.0. The molecule has 1 aliphatic rings. The molecule has 0 saturated carbocycles. The van der Waals surface area contributed by atoms with E-state index >= 15 is 0 Å². The first kappa shape index (κ1) is 24.6. The average Bonchev–Trinajstić information content (AvgIpc) is 3.17. The average molecular weight is 526 g/mol. The Morgan fingerprint density at radius 2 is 2.10 bits per heavy atom. The molecule has 166 valence electrons. The first-order chi connectivity index (χ1) is 14.1. The first-order valence-electron chi connectivity index (χ1n) is 10.4. The third-order valence-electron chi connectivity index (χ3n) is 5.29. The summed E-state index contributed by atoms with van der Waals surface area (Å²) in [5.41, 5.74) is 2.46. The number of benzene rings is 1. The zero-order valence-electron chi connectivity index (χ0n) is 18.5. The molecular weight excluding hydrogens is 491 g/mol. The number of aryl methyl sites for hydroxylation is 1. The van der Waals surface area contributed by atoms with E-state index < -0.39 is 0 Å². The van der Waals surface area contributed by atoms with Crippen molar-refractivity contribution in [2.75, 3.05) is 46.9 Å². The molecule has 1 fully saturated rings. The maximum Gasteiger partial charge on any atom is 0.194 e. The van der Waals surface area contributed by atoms with Crippen LogP contribution in [0.4, 0.5) is 0 Å². The molecule has 1 aliphatic heterocycles. The zero-order valence-corrected chi connectivity index (χ0v) is 20.8. The zero-order chi connectivity index (χ0) is 20.6. The number of nitrogens with zero attached hydrogens (tertiary/aromatic N) is 5. The minimum Gasteiger partial charge on any atom is -0.370 e. The summed E-state index contributed by atoms with van der Waals surface area (Å²) in [6.07, 6.45) is 4.92. The van der Waals surface area contributed by atoms with Gasteiger partial charge in [-0.3, -0.25) is 9.67 Å². The predicted octanol–water partition coefficient (Wildman–Crippen LogP) is 2.55. The number of rotatable bonds is 7. The van der Waals surface area contributed by atoms with Gasteiger partial charge in [-0.05, 0) is 33.0 Å². The van der Waals surface area contributed by atoms with Gasteiger partial charge in [-0.1, -0.05) is 30.3 Å². The molecule has 1 aromatic heterocycles. The molecule has 0 amide bonds. The number of likely N-dealkylation sites (N-methyl/N-ethyl adjacent to an activating group) is 1. The van der Waals surface area contributed by atoms with Crippen molar-refractivity contribution >= 4 is 29.9 Å². The maximum atomic E-state index is 5.99. The molecule has 1 aromatic carbocycles. The summed E-state index contributed by atoms with van der Waals surface area (Å²) in [7, 11) is 6.19. The van der Waals surface area contributed by atoms with Crippen molar-refractivity contribution in [1.82, 2.24) is 24.9 Å². The van der Waals surface area contributed by atoms with Crippen LogP contribution in [-0.2, 0) is 18.2 Å². The minimum atomic E-state index is 0. The van der Waals surface area contributed by atoms with E-state index in [-0.39, 0.29) is 30.1 Å². The summed E-state index contributed by atoms with van der Waals surface area (Å²) in [5.74, 6) is 0.963. The second-order valence-corrected chi connectivity index (χ2v) is 7.75. The van der Waals surface area contributed by atoms with Gasteiger partial charge in [0.05, 0.1) is 25.9 Å². The smallest absolute Gasteiger partial charge is 0.194 e. The second kappa shape index (κ2) is 12.3. The third kappa shape index (κ3) is 6.95. The van der Waals surface area contributed by atoms with Crippen molar-refractivity contribution in [3.05, 3.63) is 53.9 Å². The Kier molecular flexibility index (Phi) is 10.1. The monoisotopic (exact) mass is 526 g/mol.